The van der Waals surface area contributed by atoms with Gasteiger partial charge in [-0.2, -0.15) is 4.31 Å². The third-order valence-electron chi connectivity index (χ3n) is 7.24. The topological polar surface area (TPSA) is 143 Å². The van der Waals surface area contributed by atoms with E-state index < -0.39 is 38.1 Å². The third-order valence-corrected chi connectivity index (χ3v) is 9.69. The van der Waals surface area contributed by atoms with Crippen LogP contribution in [0.15, 0.2) is 53.4 Å². The van der Waals surface area contributed by atoms with Crippen molar-refractivity contribution >= 4 is 31.6 Å². The molecule has 1 aliphatic rings. The lowest BCUT2D eigenvalue weighted by Gasteiger charge is -2.35. The van der Waals surface area contributed by atoms with E-state index in [1.54, 1.807) is 49.4 Å². The number of carbonyl (C=O) groups is 1. The summed E-state index contributed by atoms with van der Waals surface area (Å²) in [4.78, 5) is 15.7. The molecule has 0 unspecified atom stereocenters. The SMILES string of the molecule is C[C@H](CO)N1C[C@H](C)[C@H](CN(C)S(=O)(=O)c2ccccc2)OCCCC[C@H](C)Oc2ccc(NS(C)(=O)=O)cc2C1=O. The van der Waals surface area contributed by atoms with Crippen LogP contribution in [-0.4, -0.2) is 94.9 Å². The van der Waals surface area contributed by atoms with Crippen LogP contribution in [0.2, 0.25) is 0 Å². The minimum atomic E-state index is -3.77. The number of ether oxygens (including phenoxy) is 2. The van der Waals surface area contributed by atoms with Gasteiger partial charge in [-0.1, -0.05) is 25.1 Å². The average Bonchev–Trinajstić information content (AvgIpc) is 2.94. The van der Waals surface area contributed by atoms with Gasteiger partial charge in [-0.3, -0.25) is 9.52 Å². The molecule has 2 aromatic carbocycles. The quantitative estimate of drug-likeness (QED) is 0.456. The van der Waals surface area contributed by atoms with Gasteiger partial charge in [0, 0.05) is 38.3 Å². The Morgan fingerprint density at radius 3 is 2.43 bits per heavy atom. The first-order valence-electron chi connectivity index (χ1n) is 14.1. The van der Waals surface area contributed by atoms with Crippen LogP contribution in [0.1, 0.15) is 50.4 Å². The third kappa shape index (κ3) is 9.14. The van der Waals surface area contributed by atoms with E-state index in [2.05, 4.69) is 4.72 Å². The number of aliphatic hydroxyl groups is 1. The van der Waals surface area contributed by atoms with Gasteiger partial charge in [0.1, 0.15) is 5.75 Å². The van der Waals surface area contributed by atoms with Crippen LogP contribution in [0.4, 0.5) is 5.69 Å². The van der Waals surface area contributed by atoms with Gasteiger partial charge in [-0.05, 0) is 63.4 Å². The molecular weight excluding hydrogens is 582 g/mol. The Kier molecular flexibility index (Phi) is 11.8. The van der Waals surface area contributed by atoms with Crippen LogP contribution in [0.5, 0.6) is 5.75 Å². The standard InChI is InChI=1S/C29H43N3O8S2/c1-21-18-32(22(2)20-33)29(34)26-17-24(30-41(5,35)36)14-15-27(26)40-23(3)11-9-10-16-39-28(21)19-31(4)42(37,38)25-12-7-6-8-13-25/h6-8,12-15,17,21-23,28,30,33H,9-11,16,18-20H2,1-5H3/t21-,22+,23-,28-/m0/s1. The molecule has 1 amide bonds. The Morgan fingerprint density at radius 2 is 1.79 bits per heavy atom. The highest BCUT2D eigenvalue weighted by Crippen LogP contribution is 2.29. The van der Waals surface area contributed by atoms with Crippen LogP contribution in [0, 0.1) is 5.92 Å². The lowest BCUT2D eigenvalue weighted by Crippen LogP contribution is -2.48. The molecule has 4 atom stereocenters. The molecule has 0 aromatic heterocycles. The van der Waals surface area contributed by atoms with Crippen LogP contribution >= 0.6 is 0 Å². The molecule has 0 radical (unpaired) electrons. The van der Waals surface area contributed by atoms with Crippen molar-refractivity contribution in [3.8, 4) is 5.75 Å². The van der Waals surface area contributed by atoms with Crippen molar-refractivity contribution in [1.82, 2.24) is 9.21 Å². The molecule has 1 aliphatic heterocycles. The van der Waals surface area contributed by atoms with Gasteiger partial charge in [-0.25, -0.2) is 16.8 Å². The number of sulfonamides is 2. The van der Waals surface area contributed by atoms with Gasteiger partial charge in [0.05, 0.1) is 41.6 Å². The summed E-state index contributed by atoms with van der Waals surface area (Å²) in [6.45, 7) is 5.77. The van der Waals surface area contributed by atoms with Gasteiger partial charge in [0.15, 0.2) is 0 Å². The number of anilines is 1. The smallest absolute Gasteiger partial charge is 0.258 e. The molecule has 42 heavy (non-hydrogen) atoms. The van der Waals surface area contributed by atoms with E-state index in [-0.39, 0.29) is 47.9 Å². The summed E-state index contributed by atoms with van der Waals surface area (Å²) in [6, 6.07) is 12.1. The van der Waals surface area contributed by atoms with Crippen molar-refractivity contribution in [2.45, 2.75) is 63.2 Å². The van der Waals surface area contributed by atoms with Crippen molar-refractivity contribution in [3.63, 3.8) is 0 Å². The number of nitrogens with one attached hydrogen (secondary N) is 1. The second-order valence-electron chi connectivity index (χ2n) is 11.0. The number of nitrogens with zero attached hydrogens (tertiary/aromatic N) is 2. The fourth-order valence-electron chi connectivity index (χ4n) is 4.79. The molecule has 11 nitrogen and oxygen atoms in total. The largest absolute Gasteiger partial charge is 0.490 e. The second-order valence-corrected chi connectivity index (χ2v) is 14.8. The van der Waals surface area contributed by atoms with E-state index in [1.165, 1.54) is 22.3 Å². The predicted molar refractivity (Wildman–Crippen MR) is 162 cm³/mol. The molecule has 0 fully saturated rings. The van der Waals surface area contributed by atoms with Gasteiger partial charge < -0.3 is 19.5 Å². The summed E-state index contributed by atoms with van der Waals surface area (Å²) in [6.07, 6.45) is 2.42. The van der Waals surface area contributed by atoms with Crippen molar-refractivity contribution < 1.29 is 36.2 Å². The highest BCUT2D eigenvalue weighted by Gasteiger charge is 2.32. The van der Waals surface area contributed by atoms with Crippen LogP contribution < -0.4 is 9.46 Å². The summed E-state index contributed by atoms with van der Waals surface area (Å²) < 4.78 is 66.4. The zero-order chi connectivity index (χ0) is 31.1. The predicted octanol–water partition coefficient (Wildman–Crippen LogP) is 3.17. The maximum Gasteiger partial charge on any atom is 0.258 e. The second kappa shape index (κ2) is 14.6. The molecule has 0 aliphatic carbocycles. The zero-order valence-electron chi connectivity index (χ0n) is 24.9. The number of aliphatic hydroxyl groups excluding tert-OH is 1. The fraction of sp³-hybridized carbons (Fsp3) is 0.552. The first-order valence-corrected chi connectivity index (χ1v) is 17.4. The van der Waals surface area contributed by atoms with Crippen molar-refractivity contribution in [2.75, 3.05) is 44.3 Å². The molecule has 1 heterocycles. The number of carbonyl (C=O) groups excluding carboxylic acids is 1. The highest BCUT2D eigenvalue weighted by atomic mass is 32.2. The van der Waals surface area contributed by atoms with E-state index in [0.717, 1.165) is 19.1 Å². The van der Waals surface area contributed by atoms with E-state index in [1.807, 2.05) is 13.8 Å². The molecule has 234 valence electrons. The molecule has 0 spiro atoms. The number of benzene rings is 2. The minimum Gasteiger partial charge on any atom is -0.490 e. The normalized spacial score (nSPS) is 22.1. The Bertz CT molecular complexity index is 1400. The van der Waals surface area contributed by atoms with E-state index in [9.17, 15) is 26.7 Å². The number of likely N-dealkylation sites (N-methyl/N-ethyl adjacent to an activating group) is 1. The Labute approximate surface area is 249 Å². The Hall–Kier alpha value is -2.71. The lowest BCUT2D eigenvalue weighted by atomic mass is 10.0. The van der Waals surface area contributed by atoms with E-state index >= 15 is 0 Å². The zero-order valence-corrected chi connectivity index (χ0v) is 26.5. The summed E-state index contributed by atoms with van der Waals surface area (Å²) in [5, 5.41) is 10.1. The maximum absolute atomic E-state index is 14.1. The van der Waals surface area contributed by atoms with Crippen LogP contribution in [-0.2, 0) is 24.8 Å². The summed E-state index contributed by atoms with van der Waals surface area (Å²) in [5.41, 5.74) is 0.363. The first kappa shape index (κ1) is 33.8. The van der Waals surface area contributed by atoms with Gasteiger partial charge in [0.2, 0.25) is 20.0 Å². The number of rotatable bonds is 8. The molecule has 3 rings (SSSR count). The first-order chi connectivity index (χ1) is 19.7. The highest BCUT2D eigenvalue weighted by molar-refractivity contribution is 7.92. The molecule has 0 saturated carbocycles. The van der Waals surface area contributed by atoms with E-state index in [4.69, 9.17) is 9.47 Å². The average molecular weight is 626 g/mol. The van der Waals surface area contributed by atoms with E-state index in [0.29, 0.717) is 18.8 Å². The number of hydrogen-bond donors (Lipinski definition) is 2. The number of hydrogen-bond acceptors (Lipinski definition) is 8. The minimum absolute atomic E-state index is 0.0620. The molecule has 0 saturated heterocycles. The van der Waals surface area contributed by atoms with Gasteiger partial charge in [-0.15, -0.1) is 0 Å². The Morgan fingerprint density at radius 1 is 1.10 bits per heavy atom. The van der Waals surface area contributed by atoms with Crippen molar-refractivity contribution in [2.24, 2.45) is 5.92 Å². The molecule has 2 N–H and O–H groups in total. The summed E-state index contributed by atoms with van der Waals surface area (Å²) >= 11 is 0. The number of fused-ring (bicyclic) bond motifs is 1. The maximum atomic E-state index is 14.1. The Balaban J connectivity index is 1.98. The number of amides is 1. The van der Waals surface area contributed by atoms with Crippen molar-refractivity contribution in [3.05, 3.63) is 54.1 Å². The van der Waals surface area contributed by atoms with Crippen molar-refractivity contribution in [1.29, 1.82) is 0 Å². The van der Waals surface area contributed by atoms with Crippen LogP contribution in [0.3, 0.4) is 0 Å². The van der Waals surface area contributed by atoms with Crippen LogP contribution in [0.25, 0.3) is 0 Å². The molecule has 0 bridgehead atoms. The molecule has 13 heteroatoms. The summed E-state index contributed by atoms with van der Waals surface area (Å²) in [5.74, 6) is -0.475. The summed E-state index contributed by atoms with van der Waals surface area (Å²) in [7, 11) is -5.87. The lowest BCUT2D eigenvalue weighted by molar-refractivity contribution is -0.00833. The van der Waals surface area contributed by atoms with Gasteiger partial charge >= 0.3 is 0 Å². The monoisotopic (exact) mass is 625 g/mol. The molecular formula is C29H43N3O8S2. The van der Waals surface area contributed by atoms with Gasteiger partial charge in [0.25, 0.3) is 5.91 Å². The fourth-order valence-corrected chi connectivity index (χ4v) is 6.55. The molecule has 2 aromatic rings.